The largest absolute Gasteiger partial charge is 0.384 e. The van der Waals surface area contributed by atoms with Gasteiger partial charge in [0.1, 0.15) is 0 Å². The zero-order valence-electron chi connectivity index (χ0n) is 11.6. The Kier molecular flexibility index (Phi) is 8.40. The van der Waals surface area contributed by atoms with Gasteiger partial charge < -0.3 is 9.47 Å². The Bertz CT molecular complexity index is 210. The molecule has 0 bridgehead atoms. The molecule has 18 heavy (non-hydrogen) atoms. The number of ether oxygens (including phenoxy) is 2. The number of hydrogen-bond acceptors (Lipinski definition) is 2. The normalized spacial score (nSPS) is 18.5. The molecule has 4 heteroatoms. The van der Waals surface area contributed by atoms with E-state index in [-0.39, 0.29) is 5.41 Å². The SMILES string of the molecule is COCC(CCC(Br)Br)(COC)C1CCCCC1. The fourth-order valence-electron chi connectivity index (χ4n) is 3.31. The zero-order valence-corrected chi connectivity index (χ0v) is 14.8. The summed E-state index contributed by atoms with van der Waals surface area (Å²) in [6.45, 7) is 1.64. The first-order valence-electron chi connectivity index (χ1n) is 6.90. The Hall–Kier alpha value is 0.880. The first kappa shape index (κ1) is 16.9. The van der Waals surface area contributed by atoms with Crippen LogP contribution in [-0.4, -0.2) is 31.2 Å². The second kappa shape index (κ2) is 8.93. The molecule has 0 N–H and O–H groups in total. The summed E-state index contributed by atoms with van der Waals surface area (Å²) in [7, 11) is 3.62. The van der Waals surface area contributed by atoms with Gasteiger partial charge in [0.2, 0.25) is 0 Å². The van der Waals surface area contributed by atoms with Crippen LogP contribution in [0.5, 0.6) is 0 Å². The molecule has 0 amide bonds. The van der Waals surface area contributed by atoms with Gasteiger partial charge in [-0.15, -0.1) is 0 Å². The third-order valence-corrected chi connectivity index (χ3v) is 5.11. The molecule has 1 aliphatic rings. The Labute approximate surface area is 128 Å². The Morgan fingerprint density at radius 3 is 2.06 bits per heavy atom. The second-order valence-corrected chi connectivity index (χ2v) is 8.93. The van der Waals surface area contributed by atoms with E-state index < -0.39 is 0 Å². The summed E-state index contributed by atoms with van der Waals surface area (Å²) in [5.74, 6) is 0.755. The molecule has 0 saturated heterocycles. The molecule has 0 unspecified atom stereocenters. The monoisotopic (exact) mass is 384 g/mol. The predicted octanol–water partition coefficient (Wildman–Crippen LogP) is 4.74. The van der Waals surface area contributed by atoms with E-state index in [1.54, 1.807) is 0 Å². The van der Waals surface area contributed by atoms with Crippen LogP contribution in [-0.2, 0) is 9.47 Å². The molecule has 1 fully saturated rings. The Morgan fingerprint density at radius 2 is 1.61 bits per heavy atom. The van der Waals surface area contributed by atoms with E-state index in [1.165, 1.54) is 32.1 Å². The first-order chi connectivity index (χ1) is 8.64. The minimum atomic E-state index is 0.198. The molecule has 0 aromatic rings. The van der Waals surface area contributed by atoms with Gasteiger partial charge in [0, 0.05) is 19.6 Å². The Morgan fingerprint density at radius 1 is 1.06 bits per heavy atom. The van der Waals surface area contributed by atoms with Crippen LogP contribution in [0.15, 0.2) is 0 Å². The fourth-order valence-corrected chi connectivity index (χ4v) is 3.77. The lowest BCUT2D eigenvalue weighted by Gasteiger charge is -2.42. The van der Waals surface area contributed by atoms with Gasteiger partial charge in [0.25, 0.3) is 0 Å². The van der Waals surface area contributed by atoms with E-state index >= 15 is 0 Å². The molecular formula is C14H26Br2O2. The lowest BCUT2D eigenvalue weighted by Crippen LogP contribution is -2.40. The maximum atomic E-state index is 5.53. The van der Waals surface area contributed by atoms with Crippen molar-refractivity contribution < 1.29 is 9.47 Å². The standard InChI is InChI=1S/C14H26Br2O2/c1-17-10-14(11-18-2,9-8-13(15)16)12-6-4-3-5-7-12/h12-13H,3-11H2,1-2H3. The molecular weight excluding hydrogens is 360 g/mol. The topological polar surface area (TPSA) is 18.5 Å². The van der Waals surface area contributed by atoms with Gasteiger partial charge >= 0.3 is 0 Å². The predicted molar refractivity (Wildman–Crippen MR) is 83.6 cm³/mol. The number of rotatable bonds is 8. The van der Waals surface area contributed by atoms with E-state index in [1.807, 2.05) is 14.2 Å². The second-order valence-electron chi connectivity index (χ2n) is 5.49. The van der Waals surface area contributed by atoms with Crippen LogP contribution in [0.3, 0.4) is 0 Å². The summed E-state index contributed by atoms with van der Waals surface area (Å²) in [4.78, 5) is 0. The summed E-state index contributed by atoms with van der Waals surface area (Å²) in [5, 5.41) is 0. The maximum absolute atomic E-state index is 5.53. The molecule has 2 nitrogen and oxygen atoms in total. The lowest BCUT2D eigenvalue weighted by molar-refractivity contribution is -0.0466. The molecule has 0 aromatic carbocycles. The highest BCUT2D eigenvalue weighted by atomic mass is 79.9. The average molecular weight is 386 g/mol. The van der Waals surface area contributed by atoms with Gasteiger partial charge in [0.15, 0.2) is 0 Å². The number of halogens is 2. The number of methoxy groups -OCH3 is 2. The maximum Gasteiger partial charge on any atom is 0.0698 e. The molecule has 0 radical (unpaired) electrons. The van der Waals surface area contributed by atoms with Crippen molar-refractivity contribution in [3.8, 4) is 0 Å². The highest BCUT2D eigenvalue weighted by Crippen LogP contribution is 2.43. The number of hydrogen-bond donors (Lipinski definition) is 0. The summed E-state index contributed by atoms with van der Waals surface area (Å²) < 4.78 is 11.5. The van der Waals surface area contributed by atoms with Crippen LogP contribution < -0.4 is 0 Å². The third-order valence-electron chi connectivity index (χ3n) is 4.20. The van der Waals surface area contributed by atoms with Crippen LogP contribution in [0.1, 0.15) is 44.9 Å². The first-order valence-corrected chi connectivity index (χ1v) is 8.74. The van der Waals surface area contributed by atoms with Crippen molar-refractivity contribution in [2.75, 3.05) is 27.4 Å². The minimum Gasteiger partial charge on any atom is -0.384 e. The van der Waals surface area contributed by atoms with Crippen molar-refractivity contribution >= 4 is 31.9 Å². The van der Waals surface area contributed by atoms with E-state index in [4.69, 9.17) is 9.47 Å². The summed E-state index contributed by atoms with van der Waals surface area (Å²) in [5.41, 5.74) is 0.198. The molecule has 1 aliphatic carbocycles. The lowest BCUT2D eigenvalue weighted by atomic mass is 9.67. The van der Waals surface area contributed by atoms with Crippen LogP contribution >= 0.6 is 31.9 Å². The van der Waals surface area contributed by atoms with Gasteiger partial charge in [-0.2, -0.15) is 0 Å². The summed E-state index contributed by atoms with van der Waals surface area (Å²) in [6.07, 6.45) is 9.07. The molecule has 0 aliphatic heterocycles. The van der Waals surface area contributed by atoms with Crippen LogP contribution in [0.4, 0.5) is 0 Å². The van der Waals surface area contributed by atoms with Gasteiger partial charge in [-0.25, -0.2) is 0 Å². The highest BCUT2D eigenvalue weighted by Gasteiger charge is 2.39. The summed E-state index contributed by atoms with van der Waals surface area (Å²) >= 11 is 7.18. The molecule has 1 rings (SSSR count). The molecule has 0 spiro atoms. The van der Waals surface area contributed by atoms with Crippen LogP contribution in [0.2, 0.25) is 0 Å². The van der Waals surface area contributed by atoms with Crippen molar-refractivity contribution in [2.45, 2.75) is 48.7 Å². The van der Waals surface area contributed by atoms with Crippen molar-refractivity contribution in [1.82, 2.24) is 0 Å². The summed E-state index contributed by atoms with van der Waals surface area (Å²) in [6, 6.07) is 0. The van der Waals surface area contributed by atoms with Crippen molar-refractivity contribution in [1.29, 1.82) is 0 Å². The zero-order chi connectivity index (χ0) is 13.4. The molecule has 0 atom stereocenters. The quantitative estimate of drug-likeness (QED) is 0.561. The van der Waals surface area contributed by atoms with E-state index in [2.05, 4.69) is 31.9 Å². The molecule has 1 saturated carbocycles. The van der Waals surface area contributed by atoms with Gasteiger partial charge in [-0.1, -0.05) is 51.1 Å². The van der Waals surface area contributed by atoms with E-state index in [0.29, 0.717) is 3.74 Å². The van der Waals surface area contributed by atoms with Gasteiger partial charge in [0.05, 0.1) is 17.0 Å². The third kappa shape index (κ3) is 5.10. The van der Waals surface area contributed by atoms with Crippen molar-refractivity contribution in [3.05, 3.63) is 0 Å². The fraction of sp³-hybridized carbons (Fsp3) is 1.00. The van der Waals surface area contributed by atoms with Crippen LogP contribution in [0, 0.1) is 11.3 Å². The minimum absolute atomic E-state index is 0.198. The van der Waals surface area contributed by atoms with E-state index in [0.717, 1.165) is 32.0 Å². The Balaban J connectivity index is 2.73. The van der Waals surface area contributed by atoms with E-state index in [9.17, 15) is 0 Å². The van der Waals surface area contributed by atoms with Gasteiger partial charge in [-0.3, -0.25) is 0 Å². The number of alkyl halides is 2. The van der Waals surface area contributed by atoms with Crippen LogP contribution in [0.25, 0.3) is 0 Å². The highest BCUT2D eigenvalue weighted by molar-refractivity contribution is 9.24. The average Bonchev–Trinajstić information content (AvgIpc) is 2.37. The molecule has 108 valence electrons. The molecule has 0 heterocycles. The van der Waals surface area contributed by atoms with Gasteiger partial charge in [-0.05, 0) is 31.6 Å². The smallest absolute Gasteiger partial charge is 0.0698 e. The molecule has 0 aromatic heterocycles. The van der Waals surface area contributed by atoms with Crippen molar-refractivity contribution in [2.24, 2.45) is 11.3 Å². The van der Waals surface area contributed by atoms with Crippen molar-refractivity contribution in [3.63, 3.8) is 0 Å².